The Labute approximate surface area is 137 Å². The van der Waals surface area contributed by atoms with Gasteiger partial charge < -0.3 is 5.73 Å². The van der Waals surface area contributed by atoms with Crippen molar-refractivity contribution in [3.05, 3.63) is 38.8 Å². The number of aromatic nitrogens is 1. The maximum Gasteiger partial charge on any atom is 0.244 e. The summed E-state index contributed by atoms with van der Waals surface area (Å²) in [4.78, 5) is 3.97. The lowest BCUT2D eigenvalue weighted by Gasteiger charge is -2.16. The summed E-state index contributed by atoms with van der Waals surface area (Å²) in [7, 11) is -3.87. The molecule has 21 heavy (non-hydrogen) atoms. The van der Waals surface area contributed by atoms with Crippen molar-refractivity contribution in [2.24, 2.45) is 0 Å². The molecule has 3 N–H and O–H groups in total. The van der Waals surface area contributed by atoms with Crippen molar-refractivity contribution in [3.63, 3.8) is 0 Å². The molecule has 0 saturated heterocycles. The Morgan fingerprint density at radius 2 is 2.14 bits per heavy atom. The molecular formula is C12H13Cl2N3O2S2. The first-order valence-corrected chi connectivity index (χ1v) is 9.13. The maximum absolute atomic E-state index is 12.5. The van der Waals surface area contributed by atoms with Gasteiger partial charge in [0.15, 0.2) is 0 Å². The molecule has 0 radical (unpaired) electrons. The van der Waals surface area contributed by atoms with E-state index in [1.807, 2.05) is 6.92 Å². The van der Waals surface area contributed by atoms with Gasteiger partial charge in [0.2, 0.25) is 10.0 Å². The number of hydrogen-bond donors (Lipinski definition) is 2. The summed E-state index contributed by atoms with van der Waals surface area (Å²) in [6.07, 6.45) is 2.18. The number of rotatable bonds is 5. The monoisotopic (exact) mass is 365 g/mol. The summed E-state index contributed by atoms with van der Waals surface area (Å²) in [5.74, 6) is 0. The second kappa shape index (κ2) is 6.50. The highest BCUT2D eigenvalue weighted by Gasteiger charge is 2.26. The Morgan fingerprint density at radius 3 is 2.67 bits per heavy atom. The van der Waals surface area contributed by atoms with Gasteiger partial charge in [-0.1, -0.05) is 30.1 Å². The molecule has 0 bridgehead atoms. The fourth-order valence-electron chi connectivity index (χ4n) is 1.82. The third-order valence-electron chi connectivity index (χ3n) is 2.76. The Kier molecular flexibility index (Phi) is 5.11. The van der Waals surface area contributed by atoms with E-state index in [0.29, 0.717) is 11.4 Å². The van der Waals surface area contributed by atoms with Crippen molar-refractivity contribution in [1.29, 1.82) is 0 Å². The van der Waals surface area contributed by atoms with Crippen LogP contribution in [0.3, 0.4) is 0 Å². The fourth-order valence-corrected chi connectivity index (χ4v) is 4.94. The van der Waals surface area contributed by atoms with Gasteiger partial charge >= 0.3 is 0 Å². The first kappa shape index (κ1) is 16.5. The Morgan fingerprint density at radius 1 is 1.43 bits per heavy atom. The minimum absolute atomic E-state index is 0.00833. The maximum atomic E-state index is 12.5. The van der Waals surface area contributed by atoms with Crippen molar-refractivity contribution in [2.75, 3.05) is 5.73 Å². The highest BCUT2D eigenvalue weighted by atomic mass is 35.5. The third-order valence-corrected chi connectivity index (χ3v) is 5.87. The van der Waals surface area contributed by atoms with Crippen LogP contribution >= 0.6 is 34.5 Å². The van der Waals surface area contributed by atoms with E-state index < -0.39 is 16.1 Å². The van der Waals surface area contributed by atoms with Crippen molar-refractivity contribution >= 4 is 50.2 Å². The zero-order valence-electron chi connectivity index (χ0n) is 11.0. The fraction of sp³-hybridized carbons (Fsp3) is 0.250. The number of benzene rings is 1. The van der Waals surface area contributed by atoms with Gasteiger partial charge in [-0.05, 0) is 18.6 Å². The summed E-state index contributed by atoms with van der Waals surface area (Å²) in [5.41, 5.74) is 5.75. The molecule has 0 aliphatic rings. The molecule has 1 atom stereocenters. The minimum atomic E-state index is -3.87. The standard InChI is InChI=1S/C12H13Cl2N3O2S2/c1-2-10(12-16-3-4-20-12)17-21(18,19)11-8(14)5-7(13)6-9(11)15/h3-6,10,17H,2,15H2,1H3. The van der Waals surface area contributed by atoms with Crippen LogP contribution in [0.15, 0.2) is 28.6 Å². The number of sulfonamides is 1. The Balaban J connectivity index is 2.39. The lowest BCUT2D eigenvalue weighted by atomic mass is 10.3. The molecule has 0 spiro atoms. The molecule has 0 aliphatic carbocycles. The molecule has 9 heteroatoms. The van der Waals surface area contributed by atoms with Crippen LogP contribution in [0.25, 0.3) is 0 Å². The lowest BCUT2D eigenvalue weighted by molar-refractivity contribution is 0.549. The summed E-state index contributed by atoms with van der Waals surface area (Å²) in [5, 5.41) is 2.74. The Hall–Kier alpha value is -0.860. The number of nitrogens with one attached hydrogen (secondary N) is 1. The molecule has 0 amide bonds. The number of thiazole rings is 1. The van der Waals surface area contributed by atoms with Gasteiger partial charge in [-0.15, -0.1) is 11.3 Å². The van der Waals surface area contributed by atoms with Gasteiger partial charge in [-0.3, -0.25) is 0 Å². The number of nitrogen functional groups attached to an aromatic ring is 1. The number of nitrogens with two attached hydrogens (primary N) is 1. The zero-order chi connectivity index (χ0) is 15.6. The molecule has 114 valence electrons. The number of hydrogen-bond acceptors (Lipinski definition) is 5. The number of anilines is 1. The molecule has 0 saturated carbocycles. The molecule has 1 heterocycles. The van der Waals surface area contributed by atoms with E-state index >= 15 is 0 Å². The molecule has 1 unspecified atom stereocenters. The summed E-state index contributed by atoms with van der Waals surface area (Å²) in [6, 6.07) is 2.27. The average molecular weight is 366 g/mol. The van der Waals surface area contributed by atoms with Gasteiger partial charge in [0.05, 0.1) is 16.8 Å². The van der Waals surface area contributed by atoms with E-state index in [4.69, 9.17) is 28.9 Å². The quantitative estimate of drug-likeness (QED) is 0.794. The smallest absolute Gasteiger partial charge is 0.244 e. The van der Waals surface area contributed by atoms with E-state index in [2.05, 4.69) is 9.71 Å². The first-order valence-electron chi connectivity index (χ1n) is 6.01. The second-order valence-corrected chi connectivity index (χ2v) is 7.68. The van der Waals surface area contributed by atoms with Crippen LogP contribution in [-0.4, -0.2) is 13.4 Å². The SMILES string of the molecule is CCC(NS(=O)(=O)c1c(N)cc(Cl)cc1Cl)c1nccs1. The van der Waals surface area contributed by atoms with Crippen molar-refractivity contribution in [3.8, 4) is 0 Å². The van der Waals surface area contributed by atoms with E-state index in [1.165, 1.54) is 23.5 Å². The van der Waals surface area contributed by atoms with Crippen LogP contribution in [0.4, 0.5) is 5.69 Å². The first-order chi connectivity index (χ1) is 9.85. The van der Waals surface area contributed by atoms with E-state index in [-0.39, 0.29) is 20.6 Å². The van der Waals surface area contributed by atoms with E-state index in [9.17, 15) is 8.42 Å². The van der Waals surface area contributed by atoms with Crippen molar-refractivity contribution < 1.29 is 8.42 Å². The predicted molar refractivity (Wildman–Crippen MR) is 86.3 cm³/mol. The van der Waals surface area contributed by atoms with Gasteiger partial charge in [0.25, 0.3) is 0 Å². The topological polar surface area (TPSA) is 85.1 Å². The van der Waals surface area contributed by atoms with Crippen LogP contribution in [0.5, 0.6) is 0 Å². The van der Waals surface area contributed by atoms with Crippen LogP contribution in [0, 0.1) is 0 Å². The van der Waals surface area contributed by atoms with Crippen LogP contribution in [-0.2, 0) is 10.0 Å². The molecule has 0 aliphatic heterocycles. The van der Waals surface area contributed by atoms with Crippen LogP contribution in [0.2, 0.25) is 10.0 Å². The molecule has 2 aromatic rings. The molecular weight excluding hydrogens is 353 g/mol. The zero-order valence-corrected chi connectivity index (χ0v) is 14.2. The highest BCUT2D eigenvalue weighted by molar-refractivity contribution is 7.89. The van der Waals surface area contributed by atoms with Crippen molar-refractivity contribution in [1.82, 2.24) is 9.71 Å². The molecule has 1 aromatic heterocycles. The second-order valence-electron chi connectivity index (χ2n) is 4.26. The normalized spacial score (nSPS) is 13.3. The van der Waals surface area contributed by atoms with Crippen LogP contribution in [0.1, 0.15) is 24.4 Å². The minimum Gasteiger partial charge on any atom is -0.398 e. The van der Waals surface area contributed by atoms with Crippen LogP contribution < -0.4 is 10.5 Å². The summed E-state index contributed by atoms with van der Waals surface area (Å²) < 4.78 is 27.6. The average Bonchev–Trinajstić information content (AvgIpc) is 2.87. The third kappa shape index (κ3) is 3.67. The largest absolute Gasteiger partial charge is 0.398 e. The van der Waals surface area contributed by atoms with Gasteiger partial charge in [-0.2, -0.15) is 0 Å². The lowest BCUT2D eigenvalue weighted by Crippen LogP contribution is -2.29. The molecule has 2 rings (SSSR count). The summed E-state index contributed by atoms with van der Waals surface area (Å²) >= 11 is 13.2. The predicted octanol–water partition coefficient (Wildman–Crippen LogP) is 3.46. The van der Waals surface area contributed by atoms with E-state index in [1.54, 1.807) is 11.6 Å². The molecule has 5 nitrogen and oxygen atoms in total. The van der Waals surface area contributed by atoms with Crippen molar-refractivity contribution in [2.45, 2.75) is 24.3 Å². The van der Waals surface area contributed by atoms with E-state index in [0.717, 1.165) is 0 Å². The number of nitrogens with zero attached hydrogens (tertiary/aromatic N) is 1. The molecule has 0 fully saturated rings. The number of halogens is 2. The van der Waals surface area contributed by atoms with Gasteiger partial charge in [-0.25, -0.2) is 18.1 Å². The van der Waals surface area contributed by atoms with Gasteiger partial charge in [0.1, 0.15) is 9.90 Å². The highest BCUT2D eigenvalue weighted by Crippen LogP contribution is 2.32. The Bertz CT molecular complexity index is 710. The van der Waals surface area contributed by atoms with Gasteiger partial charge in [0, 0.05) is 16.6 Å². The molecule has 1 aromatic carbocycles. The summed E-state index contributed by atoms with van der Waals surface area (Å²) in [6.45, 7) is 1.86.